The monoisotopic (exact) mass is 231 g/mol. The van der Waals surface area contributed by atoms with Crippen molar-refractivity contribution in [2.45, 2.75) is 52.0 Å². The molecule has 0 bridgehead atoms. The first-order valence-electron chi connectivity index (χ1n) is 6.27. The highest BCUT2D eigenvalue weighted by Gasteiger charge is 2.17. The molecule has 0 aliphatic heterocycles. The van der Waals surface area contributed by atoms with Gasteiger partial charge in [-0.1, -0.05) is 19.8 Å². The van der Waals surface area contributed by atoms with Gasteiger partial charge in [0.1, 0.15) is 6.04 Å². The van der Waals surface area contributed by atoms with Crippen molar-refractivity contribution in [3.8, 4) is 0 Å². The lowest BCUT2D eigenvalue weighted by atomic mass is 10.1. The van der Waals surface area contributed by atoms with Gasteiger partial charge in [-0.05, 0) is 32.7 Å². The van der Waals surface area contributed by atoms with Gasteiger partial charge in [0.15, 0.2) is 0 Å². The molecule has 0 aromatic heterocycles. The lowest BCUT2D eigenvalue weighted by molar-refractivity contribution is -0.145. The minimum Gasteiger partial charge on any atom is -0.465 e. The predicted octanol–water partition coefficient (Wildman–Crippen LogP) is 1.47. The van der Waals surface area contributed by atoms with Gasteiger partial charge in [-0.25, -0.2) is 0 Å². The first-order valence-corrected chi connectivity index (χ1v) is 6.27. The summed E-state index contributed by atoms with van der Waals surface area (Å²) in [6.07, 6.45) is 4.59. The van der Waals surface area contributed by atoms with Crippen molar-refractivity contribution in [3.05, 3.63) is 0 Å². The van der Waals surface area contributed by atoms with E-state index in [0.717, 1.165) is 38.6 Å². The van der Waals surface area contributed by atoms with Crippen LogP contribution < -0.4 is 5.32 Å². The molecule has 0 saturated heterocycles. The second kappa shape index (κ2) is 10.9. The molecule has 0 amide bonds. The topological polar surface area (TPSA) is 58.6 Å². The summed E-state index contributed by atoms with van der Waals surface area (Å²) in [7, 11) is 0. The van der Waals surface area contributed by atoms with E-state index < -0.39 is 0 Å². The Kier molecular flexibility index (Phi) is 10.5. The Balaban J connectivity index is 3.84. The molecule has 4 heteroatoms. The summed E-state index contributed by atoms with van der Waals surface area (Å²) < 4.78 is 5.01. The van der Waals surface area contributed by atoms with Crippen LogP contribution in [0.2, 0.25) is 0 Å². The van der Waals surface area contributed by atoms with Crippen molar-refractivity contribution in [2.24, 2.45) is 0 Å². The lowest BCUT2D eigenvalue weighted by Gasteiger charge is -2.16. The van der Waals surface area contributed by atoms with Crippen LogP contribution in [0.25, 0.3) is 0 Å². The average Bonchev–Trinajstić information content (AvgIpc) is 2.28. The molecule has 1 atom stereocenters. The zero-order valence-corrected chi connectivity index (χ0v) is 10.5. The second-order valence-corrected chi connectivity index (χ2v) is 3.83. The van der Waals surface area contributed by atoms with E-state index in [9.17, 15) is 4.79 Å². The van der Waals surface area contributed by atoms with E-state index >= 15 is 0 Å². The van der Waals surface area contributed by atoms with Gasteiger partial charge >= 0.3 is 5.97 Å². The Hall–Kier alpha value is -0.610. The van der Waals surface area contributed by atoms with Crippen LogP contribution in [0.3, 0.4) is 0 Å². The molecule has 0 aromatic carbocycles. The van der Waals surface area contributed by atoms with Gasteiger partial charge < -0.3 is 15.2 Å². The van der Waals surface area contributed by atoms with Crippen LogP contribution in [0.5, 0.6) is 0 Å². The molecule has 0 heterocycles. The Bertz CT molecular complexity index is 174. The number of ether oxygens (including phenoxy) is 1. The number of hydrogen-bond donors (Lipinski definition) is 2. The molecular weight excluding hydrogens is 206 g/mol. The third-order valence-electron chi connectivity index (χ3n) is 2.39. The molecule has 0 spiro atoms. The van der Waals surface area contributed by atoms with Crippen molar-refractivity contribution in [1.29, 1.82) is 0 Å². The normalized spacial score (nSPS) is 12.4. The van der Waals surface area contributed by atoms with Gasteiger partial charge in [-0.3, -0.25) is 4.79 Å². The smallest absolute Gasteiger partial charge is 0.323 e. The Labute approximate surface area is 98.4 Å². The Morgan fingerprint density at radius 3 is 2.62 bits per heavy atom. The third kappa shape index (κ3) is 7.65. The summed E-state index contributed by atoms with van der Waals surface area (Å²) in [4.78, 5) is 11.6. The maximum absolute atomic E-state index is 11.6. The van der Waals surface area contributed by atoms with Crippen LogP contribution >= 0.6 is 0 Å². The van der Waals surface area contributed by atoms with Gasteiger partial charge in [0, 0.05) is 6.61 Å². The summed E-state index contributed by atoms with van der Waals surface area (Å²) in [6, 6.07) is -0.182. The first-order chi connectivity index (χ1) is 7.76. The van der Waals surface area contributed by atoms with Gasteiger partial charge in [-0.15, -0.1) is 0 Å². The molecule has 0 radical (unpaired) electrons. The SMILES string of the molecule is CCCC[C@H](NCCCCO)C(=O)OCC. The first kappa shape index (κ1) is 15.4. The van der Waals surface area contributed by atoms with Crippen molar-refractivity contribution in [2.75, 3.05) is 19.8 Å². The summed E-state index contributed by atoms with van der Waals surface area (Å²) >= 11 is 0. The van der Waals surface area contributed by atoms with E-state index in [-0.39, 0.29) is 18.6 Å². The molecule has 0 saturated carbocycles. The molecule has 96 valence electrons. The quantitative estimate of drug-likeness (QED) is 0.441. The Morgan fingerprint density at radius 2 is 2.06 bits per heavy atom. The van der Waals surface area contributed by atoms with E-state index in [2.05, 4.69) is 12.2 Å². The van der Waals surface area contributed by atoms with E-state index in [4.69, 9.17) is 9.84 Å². The molecular formula is C12H25NO3. The third-order valence-corrected chi connectivity index (χ3v) is 2.39. The number of aliphatic hydroxyl groups is 1. The van der Waals surface area contributed by atoms with Crippen LogP contribution in [0.15, 0.2) is 0 Å². The zero-order valence-electron chi connectivity index (χ0n) is 10.5. The number of rotatable bonds is 10. The predicted molar refractivity (Wildman–Crippen MR) is 64.3 cm³/mol. The van der Waals surface area contributed by atoms with E-state index in [0.29, 0.717) is 6.61 Å². The summed E-state index contributed by atoms with van der Waals surface area (Å²) in [5, 5.41) is 11.8. The van der Waals surface area contributed by atoms with E-state index in [1.807, 2.05) is 6.92 Å². The highest BCUT2D eigenvalue weighted by molar-refractivity contribution is 5.75. The van der Waals surface area contributed by atoms with Crippen molar-refractivity contribution in [1.82, 2.24) is 5.32 Å². The standard InChI is InChI=1S/C12H25NO3/c1-3-5-8-11(12(15)16-4-2)13-9-6-7-10-14/h11,13-14H,3-10H2,1-2H3/t11-/m0/s1. The number of unbranched alkanes of at least 4 members (excludes halogenated alkanes) is 2. The summed E-state index contributed by atoms with van der Waals surface area (Å²) in [5.41, 5.74) is 0. The van der Waals surface area contributed by atoms with Crippen LogP contribution in [0.1, 0.15) is 46.0 Å². The fourth-order valence-electron chi connectivity index (χ4n) is 1.47. The average molecular weight is 231 g/mol. The van der Waals surface area contributed by atoms with Crippen LogP contribution in [0.4, 0.5) is 0 Å². The van der Waals surface area contributed by atoms with Gasteiger partial charge in [0.25, 0.3) is 0 Å². The van der Waals surface area contributed by atoms with Crippen LogP contribution in [-0.2, 0) is 9.53 Å². The van der Waals surface area contributed by atoms with Crippen molar-refractivity contribution in [3.63, 3.8) is 0 Å². The highest BCUT2D eigenvalue weighted by atomic mass is 16.5. The maximum Gasteiger partial charge on any atom is 0.323 e. The van der Waals surface area contributed by atoms with Crippen LogP contribution in [-0.4, -0.2) is 36.9 Å². The van der Waals surface area contributed by atoms with Gasteiger partial charge in [-0.2, -0.15) is 0 Å². The highest BCUT2D eigenvalue weighted by Crippen LogP contribution is 2.03. The molecule has 0 aromatic rings. The van der Waals surface area contributed by atoms with E-state index in [1.54, 1.807) is 0 Å². The van der Waals surface area contributed by atoms with Crippen LogP contribution in [0, 0.1) is 0 Å². The molecule has 0 fully saturated rings. The Morgan fingerprint density at radius 1 is 1.31 bits per heavy atom. The summed E-state index contributed by atoms with van der Waals surface area (Å²) in [6.45, 7) is 5.32. The molecule has 2 N–H and O–H groups in total. The molecule has 4 nitrogen and oxygen atoms in total. The molecule has 16 heavy (non-hydrogen) atoms. The minimum absolute atomic E-state index is 0.153. The maximum atomic E-state index is 11.6. The number of esters is 1. The molecule has 0 aliphatic carbocycles. The number of carbonyl (C=O) groups excluding carboxylic acids is 1. The number of hydrogen-bond acceptors (Lipinski definition) is 4. The van der Waals surface area contributed by atoms with E-state index in [1.165, 1.54) is 0 Å². The number of aliphatic hydroxyl groups excluding tert-OH is 1. The second-order valence-electron chi connectivity index (χ2n) is 3.83. The number of nitrogens with one attached hydrogen (secondary N) is 1. The largest absolute Gasteiger partial charge is 0.465 e. The zero-order chi connectivity index (χ0) is 12.2. The van der Waals surface area contributed by atoms with Crippen molar-refractivity contribution < 1.29 is 14.6 Å². The van der Waals surface area contributed by atoms with Gasteiger partial charge in [0.2, 0.25) is 0 Å². The fourth-order valence-corrected chi connectivity index (χ4v) is 1.47. The minimum atomic E-state index is -0.182. The van der Waals surface area contributed by atoms with Crippen molar-refractivity contribution >= 4 is 5.97 Å². The van der Waals surface area contributed by atoms with Gasteiger partial charge in [0.05, 0.1) is 6.61 Å². The molecule has 0 rings (SSSR count). The number of carbonyl (C=O) groups is 1. The molecule has 0 aliphatic rings. The molecule has 0 unspecified atom stereocenters. The summed E-state index contributed by atoms with van der Waals surface area (Å²) in [5.74, 6) is -0.153. The lowest BCUT2D eigenvalue weighted by Crippen LogP contribution is -2.38. The fraction of sp³-hybridized carbons (Fsp3) is 0.917.